The molecule has 1 saturated heterocycles. The van der Waals surface area contributed by atoms with E-state index < -0.39 is 5.41 Å². The summed E-state index contributed by atoms with van der Waals surface area (Å²) in [7, 11) is 0. The van der Waals surface area contributed by atoms with E-state index >= 15 is 0 Å². The third kappa shape index (κ3) is 6.86. The van der Waals surface area contributed by atoms with Crippen LogP contribution in [0.5, 0.6) is 0 Å². The van der Waals surface area contributed by atoms with Gasteiger partial charge in [-0.25, -0.2) is 9.97 Å². The van der Waals surface area contributed by atoms with Gasteiger partial charge in [0.2, 0.25) is 0 Å². The van der Waals surface area contributed by atoms with Gasteiger partial charge in [-0.3, -0.25) is 0 Å². The number of rotatable bonds is 9. The molecule has 1 aliphatic heterocycles. The summed E-state index contributed by atoms with van der Waals surface area (Å²) in [4.78, 5) is 9.28. The number of aliphatic hydroxyl groups is 1. The number of ether oxygens (including phenoxy) is 1. The Bertz CT molecular complexity index is 1040. The molecule has 0 unspecified atom stereocenters. The topological polar surface area (TPSA) is 115 Å². The molecule has 4 N–H and O–H groups in total. The fourth-order valence-corrected chi connectivity index (χ4v) is 5.07. The van der Waals surface area contributed by atoms with Crippen LogP contribution in [0.15, 0.2) is 30.5 Å². The number of nitrogens with one attached hydrogen (secondary N) is 3. The van der Waals surface area contributed by atoms with Gasteiger partial charge < -0.3 is 25.8 Å². The van der Waals surface area contributed by atoms with E-state index in [1.165, 1.54) is 0 Å². The minimum atomic E-state index is -0.426. The molecule has 194 valence electrons. The molecule has 1 saturated carbocycles. The molecule has 4 rings (SSSR count). The van der Waals surface area contributed by atoms with E-state index in [9.17, 15) is 10.4 Å². The van der Waals surface area contributed by atoms with Crippen molar-refractivity contribution < 1.29 is 9.84 Å². The van der Waals surface area contributed by atoms with Crippen LogP contribution in [-0.2, 0) is 4.74 Å². The molecule has 2 fully saturated rings. The Morgan fingerprint density at radius 3 is 2.58 bits per heavy atom. The highest BCUT2D eigenvalue weighted by Gasteiger charge is 2.32. The summed E-state index contributed by atoms with van der Waals surface area (Å²) in [5.74, 6) is 1.50. The van der Waals surface area contributed by atoms with E-state index in [1.807, 2.05) is 38.1 Å². The molecule has 0 spiro atoms. The van der Waals surface area contributed by atoms with Crippen LogP contribution in [0.4, 0.5) is 11.6 Å². The minimum absolute atomic E-state index is 0.0971. The van der Waals surface area contributed by atoms with Crippen molar-refractivity contribution in [1.29, 1.82) is 5.26 Å². The normalized spacial score (nSPS) is 23.3. The van der Waals surface area contributed by atoms with Gasteiger partial charge in [0.15, 0.2) is 0 Å². The lowest BCUT2D eigenvalue weighted by Crippen LogP contribution is -2.45. The van der Waals surface area contributed by atoms with Crippen molar-refractivity contribution >= 4 is 23.2 Å². The van der Waals surface area contributed by atoms with Gasteiger partial charge in [-0.15, -0.1) is 0 Å². The monoisotopic (exact) mass is 512 g/mol. The predicted octanol–water partition coefficient (Wildman–Crippen LogP) is 4.61. The van der Waals surface area contributed by atoms with E-state index in [4.69, 9.17) is 21.3 Å². The number of pyridine rings is 2. The van der Waals surface area contributed by atoms with E-state index in [0.717, 1.165) is 55.6 Å². The first kappa shape index (κ1) is 26.6. The summed E-state index contributed by atoms with van der Waals surface area (Å²) in [6.45, 7) is 5.62. The van der Waals surface area contributed by atoms with E-state index in [0.29, 0.717) is 42.7 Å². The summed E-state index contributed by atoms with van der Waals surface area (Å²) in [6, 6.07) is 11.1. The second kappa shape index (κ2) is 12.2. The predicted molar refractivity (Wildman–Crippen MR) is 143 cm³/mol. The zero-order valence-corrected chi connectivity index (χ0v) is 21.9. The number of hydrogen-bond acceptors (Lipinski definition) is 8. The SMILES string of the molecule is C[C@H](N[C@H]1CC[C@H](Nc2cc(-c3cccc(NCC4(C#N)CCOCC4)n3)c(Cl)cn2)CC1)[C@@H](C)O. The maximum absolute atomic E-state index is 9.75. The number of nitrogens with zero attached hydrogens (tertiary/aromatic N) is 3. The fourth-order valence-electron chi connectivity index (χ4n) is 4.87. The van der Waals surface area contributed by atoms with Crippen LogP contribution in [0, 0.1) is 16.7 Å². The molecule has 0 aromatic carbocycles. The van der Waals surface area contributed by atoms with Gasteiger partial charge in [-0.05, 0) is 70.6 Å². The summed E-state index contributed by atoms with van der Waals surface area (Å²) in [5.41, 5.74) is 1.15. The lowest BCUT2D eigenvalue weighted by molar-refractivity contribution is 0.0455. The van der Waals surface area contributed by atoms with Crippen molar-refractivity contribution in [3.05, 3.63) is 35.5 Å². The molecule has 2 aromatic heterocycles. The van der Waals surface area contributed by atoms with Crippen molar-refractivity contribution in [2.75, 3.05) is 30.4 Å². The number of halogens is 1. The maximum Gasteiger partial charge on any atom is 0.126 e. The van der Waals surface area contributed by atoms with Gasteiger partial charge in [0.05, 0.1) is 28.3 Å². The Hall–Kier alpha value is -2.44. The molecule has 1 aliphatic carbocycles. The largest absolute Gasteiger partial charge is 0.392 e. The van der Waals surface area contributed by atoms with Gasteiger partial charge >= 0.3 is 0 Å². The molecule has 8 nitrogen and oxygen atoms in total. The Morgan fingerprint density at radius 1 is 1.17 bits per heavy atom. The standard InChI is InChI=1S/C27H37ClN6O2/c1-18(19(2)35)32-20-6-8-21(9-7-20)33-26-14-22(23(28)15-30-26)24-4-3-5-25(34-24)31-17-27(16-29)10-12-36-13-11-27/h3-5,14-15,18-21,32,35H,6-13,17H2,1-2H3,(H,30,33)(H,31,34)/t18-,19+,20-,21-/m0/s1. The van der Waals surface area contributed by atoms with Gasteiger partial charge in [0.1, 0.15) is 11.6 Å². The Kier molecular flexibility index (Phi) is 9.02. The third-order valence-corrected chi connectivity index (χ3v) is 7.78. The van der Waals surface area contributed by atoms with Crippen LogP contribution in [0.25, 0.3) is 11.3 Å². The molecular weight excluding hydrogens is 476 g/mol. The quantitative estimate of drug-likeness (QED) is 0.385. The van der Waals surface area contributed by atoms with Crippen molar-refractivity contribution in [3.8, 4) is 17.3 Å². The van der Waals surface area contributed by atoms with Gasteiger partial charge in [-0.1, -0.05) is 17.7 Å². The first-order valence-electron chi connectivity index (χ1n) is 12.9. The zero-order valence-electron chi connectivity index (χ0n) is 21.1. The van der Waals surface area contributed by atoms with E-state index in [2.05, 4.69) is 27.0 Å². The first-order chi connectivity index (χ1) is 17.4. The maximum atomic E-state index is 9.75. The molecule has 0 bridgehead atoms. The second-order valence-electron chi connectivity index (χ2n) is 10.2. The highest BCUT2D eigenvalue weighted by molar-refractivity contribution is 6.33. The fraction of sp³-hybridized carbons (Fsp3) is 0.593. The molecule has 0 radical (unpaired) electrons. The summed E-state index contributed by atoms with van der Waals surface area (Å²) in [5, 5.41) is 30.5. The van der Waals surface area contributed by atoms with Gasteiger partial charge in [0.25, 0.3) is 0 Å². The number of anilines is 2. The molecule has 2 atom stereocenters. The smallest absolute Gasteiger partial charge is 0.126 e. The third-order valence-electron chi connectivity index (χ3n) is 7.48. The minimum Gasteiger partial charge on any atom is -0.392 e. The molecular formula is C27H37ClN6O2. The summed E-state index contributed by atoms with van der Waals surface area (Å²) in [6.07, 6.45) is 6.94. The van der Waals surface area contributed by atoms with Gasteiger partial charge in [-0.2, -0.15) is 5.26 Å². The summed E-state index contributed by atoms with van der Waals surface area (Å²) < 4.78 is 5.43. The van der Waals surface area contributed by atoms with Crippen molar-refractivity contribution in [3.63, 3.8) is 0 Å². The molecule has 36 heavy (non-hydrogen) atoms. The zero-order chi connectivity index (χ0) is 25.5. The van der Waals surface area contributed by atoms with Crippen LogP contribution in [0.1, 0.15) is 52.4 Å². The Morgan fingerprint density at radius 2 is 1.89 bits per heavy atom. The van der Waals surface area contributed by atoms with Crippen molar-refractivity contribution in [2.45, 2.75) is 76.6 Å². The van der Waals surface area contributed by atoms with E-state index in [1.54, 1.807) is 6.20 Å². The molecule has 2 aliphatic rings. The van der Waals surface area contributed by atoms with Crippen LogP contribution in [0.2, 0.25) is 5.02 Å². The summed E-state index contributed by atoms with van der Waals surface area (Å²) >= 11 is 6.53. The van der Waals surface area contributed by atoms with Crippen LogP contribution >= 0.6 is 11.6 Å². The molecule has 0 amide bonds. The van der Waals surface area contributed by atoms with Crippen LogP contribution in [0.3, 0.4) is 0 Å². The van der Waals surface area contributed by atoms with Crippen LogP contribution in [-0.4, -0.2) is 59.1 Å². The van der Waals surface area contributed by atoms with Crippen molar-refractivity contribution in [2.24, 2.45) is 5.41 Å². The number of aliphatic hydroxyl groups excluding tert-OH is 1. The van der Waals surface area contributed by atoms with Crippen molar-refractivity contribution in [1.82, 2.24) is 15.3 Å². The Labute approximate surface area is 218 Å². The average molecular weight is 513 g/mol. The highest BCUT2D eigenvalue weighted by atomic mass is 35.5. The van der Waals surface area contributed by atoms with Gasteiger partial charge in [0, 0.05) is 49.6 Å². The lowest BCUT2D eigenvalue weighted by Gasteiger charge is -2.32. The van der Waals surface area contributed by atoms with E-state index in [-0.39, 0.29) is 12.1 Å². The molecule has 9 heteroatoms. The number of aromatic nitrogens is 2. The first-order valence-corrected chi connectivity index (χ1v) is 13.3. The number of hydrogen-bond donors (Lipinski definition) is 4. The molecule has 3 heterocycles. The second-order valence-corrected chi connectivity index (χ2v) is 10.6. The van der Waals surface area contributed by atoms with Crippen LogP contribution < -0.4 is 16.0 Å². The highest BCUT2D eigenvalue weighted by Crippen LogP contribution is 2.32. The Balaban J connectivity index is 1.38. The number of nitriles is 1. The lowest BCUT2D eigenvalue weighted by atomic mass is 9.82. The average Bonchev–Trinajstić information content (AvgIpc) is 2.90. The molecule has 2 aromatic rings.